The molecule has 0 saturated carbocycles. The molecule has 0 amide bonds. The zero-order chi connectivity index (χ0) is 21.3. The van der Waals surface area contributed by atoms with Gasteiger partial charge < -0.3 is 4.90 Å². The molecule has 2 heterocycles. The molecule has 1 fully saturated rings. The molecule has 4 rings (SSSR count). The molecule has 1 atom stereocenters. The Morgan fingerprint density at radius 3 is 2.50 bits per heavy atom. The van der Waals surface area contributed by atoms with Crippen molar-refractivity contribution in [2.75, 3.05) is 23.7 Å². The van der Waals surface area contributed by atoms with Gasteiger partial charge in [-0.2, -0.15) is 4.68 Å². The first-order chi connectivity index (χ1) is 14.3. The van der Waals surface area contributed by atoms with Crippen LogP contribution < -0.4 is 15.6 Å². The van der Waals surface area contributed by atoms with Gasteiger partial charge in [0.15, 0.2) is 5.82 Å². The minimum atomic E-state index is -3.50. The first-order valence-corrected chi connectivity index (χ1v) is 11.6. The number of anilines is 1. The second-order valence-electron chi connectivity index (χ2n) is 7.67. The fourth-order valence-corrected chi connectivity index (χ4v) is 4.65. The van der Waals surface area contributed by atoms with Crippen molar-refractivity contribution >= 4 is 26.6 Å². The highest BCUT2D eigenvalue weighted by Crippen LogP contribution is 2.28. The van der Waals surface area contributed by atoms with E-state index < -0.39 is 10.0 Å². The second-order valence-corrected chi connectivity index (χ2v) is 9.41. The standard InChI is InChI=1S/C21H23FN4O3S/c22-16-7-9-17(10-8-16)26-21(27)19-6-2-1-5-18(19)20(24-26)25-12-3-4-15(14-25)11-13-30(23,28)29/h1-2,5-10,15H,3-4,11-14H2,(H2,23,28,29). The van der Waals surface area contributed by atoms with E-state index in [2.05, 4.69) is 10.00 Å². The molecule has 2 aromatic carbocycles. The molecule has 0 aliphatic carbocycles. The van der Waals surface area contributed by atoms with Gasteiger partial charge in [0.05, 0.1) is 16.8 Å². The van der Waals surface area contributed by atoms with Crippen molar-refractivity contribution in [1.82, 2.24) is 9.78 Å². The predicted molar refractivity (Wildman–Crippen MR) is 115 cm³/mol. The quantitative estimate of drug-likeness (QED) is 0.670. The minimum Gasteiger partial charge on any atom is -0.354 e. The Morgan fingerprint density at radius 1 is 1.10 bits per heavy atom. The monoisotopic (exact) mass is 430 g/mol. The summed E-state index contributed by atoms with van der Waals surface area (Å²) in [6.07, 6.45) is 2.30. The molecule has 2 N–H and O–H groups in total. The summed E-state index contributed by atoms with van der Waals surface area (Å²) in [7, 11) is -3.50. The third kappa shape index (κ3) is 4.36. The summed E-state index contributed by atoms with van der Waals surface area (Å²) < 4.78 is 37.4. The molecule has 0 radical (unpaired) electrons. The van der Waals surface area contributed by atoms with Crippen LogP contribution in [0, 0.1) is 11.7 Å². The Balaban J connectivity index is 1.75. The molecule has 1 aliphatic heterocycles. The molecule has 0 bridgehead atoms. The van der Waals surface area contributed by atoms with E-state index in [1.807, 2.05) is 12.1 Å². The van der Waals surface area contributed by atoms with Crippen LogP contribution in [0.3, 0.4) is 0 Å². The Labute approximate surface area is 174 Å². The van der Waals surface area contributed by atoms with Gasteiger partial charge in [0.25, 0.3) is 5.56 Å². The maximum absolute atomic E-state index is 13.4. The number of primary sulfonamides is 1. The normalized spacial score (nSPS) is 17.4. The van der Waals surface area contributed by atoms with Gasteiger partial charge in [0.1, 0.15) is 5.82 Å². The van der Waals surface area contributed by atoms with Crippen LogP contribution >= 0.6 is 0 Å². The largest absolute Gasteiger partial charge is 0.354 e. The SMILES string of the molecule is NS(=O)(=O)CCC1CCCN(c2nn(-c3ccc(F)cc3)c(=O)c3ccccc23)C1. The molecule has 3 aromatic rings. The van der Waals surface area contributed by atoms with E-state index in [-0.39, 0.29) is 23.0 Å². The number of rotatable bonds is 5. The predicted octanol–water partition coefficient (Wildman–Crippen LogP) is 2.42. The summed E-state index contributed by atoms with van der Waals surface area (Å²) in [5.74, 6) is 0.398. The Hall–Kier alpha value is -2.78. The van der Waals surface area contributed by atoms with Gasteiger partial charge >= 0.3 is 0 Å². The number of aromatic nitrogens is 2. The smallest absolute Gasteiger partial charge is 0.279 e. The molecule has 1 unspecified atom stereocenters. The molecular formula is C21H23FN4O3S. The van der Waals surface area contributed by atoms with E-state index in [1.54, 1.807) is 12.1 Å². The highest BCUT2D eigenvalue weighted by molar-refractivity contribution is 7.89. The highest BCUT2D eigenvalue weighted by atomic mass is 32.2. The number of benzene rings is 2. The molecular weight excluding hydrogens is 407 g/mol. The third-order valence-corrected chi connectivity index (χ3v) is 6.29. The number of sulfonamides is 1. The number of nitrogens with zero attached hydrogens (tertiary/aromatic N) is 3. The number of halogens is 1. The van der Waals surface area contributed by atoms with Crippen molar-refractivity contribution in [3.05, 3.63) is 64.7 Å². The zero-order valence-electron chi connectivity index (χ0n) is 16.4. The van der Waals surface area contributed by atoms with Crippen molar-refractivity contribution < 1.29 is 12.8 Å². The summed E-state index contributed by atoms with van der Waals surface area (Å²) in [4.78, 5) is 15.1. The van der Waals surface area contributed by atoms with Gasteiger partial charge in [-0.1, -0.05) is 18.2 Å². The molecule has 158 valence electrons. The second kappa shape index (κ2) is 8.16. The Kier molecular flexibility index (Phi) is 5.57. The van der Waals surface area contributed by atoms with Gasteiger partial charge in [0.2, 0.25) is 10.0 Å². The lowest BCUT2D eigenvalue weighted by Gasteiger charge is -2.34. The van der Waals surface area contributed by atoms with E-state index >= 15 is 0 Å². The van der Waals surface area contributed by atoms with E-state index in [4.69, 9.17) is 5.14 Å². The number of piperidine rings is 1. The van der Waals surface area contributed by atoms with Gasteiger partial charge in [-0.3, -0.25) is 4.79 Å². The lowest BCUT2D eigenvalue weighted by molar-refractivity contribution is 0.402. The van der Waals surface area contributed by atoms with E-state index in [1.165, 1.54) is 28.9 Å². The summed E-state index contributed by atoms with van der Waals surface area (Å²) >= 11 is 0. The average Bonchev–Trinajstić information content (AvgIpc) is 2.73. The van der Waals surface area contributed by atoms with Crippen molar-refractivity contribution in [2.24, 2.45) is 11.1 Å². The molecule has 7 nitrogen and oxygen atoms in total. The number of hydrogen-bond donors (Lipinski definition) is 1. The molecule has 30 heavy (non-hydrogen) atoms. The first-order valence-electron chi connectivity index (χ1n) is 9.85. The van der Waals surface area contributed by atoms with E-state index in [0.29, 0.717) is 29.9 Å². The summed E-state index contributed by atoms with van der Waals surface area (Å²) in [5, 5.41) is 11.1. The molecule has 1 saturated heterocycles. The highest BCUT2D eigenvalue weighted by Gasteiger charge is 2.25. The van der Waals surface area contributed by atoms with Crippen molar-refractivity contribution in [2.45, 2.75) is 19.3 Å². The molecule has 1 aliphatic rings. The average molecular weight is 431 g/mol. The number of hydrogen-bond acceptors (Lipinski definition) is 5. The maximum atomic E-state index is 13.4. The fourth-order valence-electron chi connectivity index (χ4n) is 3.99. The van der Waals surface area contributed by atoms with Gasteiger partial charge in [-0.05, 0) is 55.5 Å². The van der Waals surface area contributed by atoms with Crippen molar-refractivity contribution in [1.29, 1.82) is 0 Å². The topological polar surface area (TPSA) is 98.3 Å². The zero-order valence-corrected chi connectivity index (χ0v) is 17.2. The van der Waals surface area contributed by atoms with Crippen LogP contribution in [0.1, 0.15) is 19.3 Å². The Morgan fingerprint density at radius 2 is 1.80 bits per heavy atom. The lowest BCUT2D eigenvalue weighted by atomic mass is 9.95. The number of fused-ring (bicyclic) bond motifs is 1. The Bertz CT molecular complexity index is 1230. The minimum absolute atomic E-state index is 0.0469. The van der Waals surface area contributed by atoms with Crippen LogP contribution in [0.2, 0.25) is 0 Å². The summed E-state index contributed by atoms with van der Waals surface area (Å²) in [6, 6.07) is 12.9. The van der Waals surface area contributed by atoms with Crippen LogP contribution in [0.15, 0.2) is 53.3 Å². The molecule has 1 aromatic heterocycles. The van der Waals surface area contributed by atoms with Crippen LogP contribution in [0.4, 0.5) is 10.2 Å². The van der Waals surface area contributed by atoms with Crippen LogP contribution in [0.5, 0.6) is 0 Å². The van der Waals surface area contributed by atoms with Gasteiger partial charge in [-0.25, -0.2) is 17.9 Å². The van der Waals surface area contributed by atoms with Crippen LogP contribution in [-0.2, 0) is 10.0 Å². The summed E-state index contributed by atoms with van der Waals surface area (Å²) in [5.41, 5.74) is 0.208. The fraction of sp³-hybridized carbons (Fsp3) is 0.333. The molecule has 0 spiro atoms. The maximum Gasteiger partial charge on any atom is 0.279 e. The van der Waals surface area contributed by atoms with Crippen molar-refractivity contribution in [3.63, 3.8) is 0 Å². The lowest BCUT2D eigenvalue weighted by Crippen LogP contribution is -2.38. The van der Waals surface area contributed by atoms with Crippen molar-refractivity contribution in [3.8, 4) is 5.69 Å². The van der Waals surface area contributed by atoms with Gasteiger partial charge in [-0.15, -0.1) is 5.10 Å². The number of nitrogens with two attached hydrogens (primary N) is 1. The third-order valence-electron chi connectivity index (χ3n) is 5.49. The van der Waals surface area contributed by atoms with Crippen LogP contribution in [0.25, 0.3) is 16.5 Å². The van der Waals surface area contributed by atoms with E-state index in [0.717, 1.165) is 24.8 Å². The summed E-state index contributed by atoms with van der Waals surface area (Å²) in [6.45, 7) is 1.39. The van der Waals surface area contributed by atoms with E-state index in [9.17, 15) is 17.6 Å². The molecule has 9 heteroatoms. The van der Waals surface area contributed by atoms with Gasteiger partial charge in [0, 0.05) is 18.5 Å². The first kappa shape index (κ1) is 20.5. The van der Waals surface area contributed by atoms with Crippen LogP contribution in [-0.4, -0.2) is 37.0 Å².